The zero-order chi connectivity index (χ0) is 15.5. The molecule has 0 amide bonds. The maximum absolute atomic E-state index is 12.4. The highest BCUT2D eigenvalue weighted by atomic mass is 32.2. The van der Waals surface area contributed by atoms with Crippen molar-refractivity contribution in [3.05, 3.63) is 30.3 Å². The van der Waals surface area contributed by atoms with E-state index < -0.39 is 9.84 Å². The number of hydrogen-bond acceptors (Lipinski definition) is 4. The van der Waals surface area contributed by atoms with Crippen LogP contribution in [0, 0.1) is 11.8 Å². The van der Waals surface area contributed by atoms with E-state index in [0.29, 0.717) is 10.8 Å². The van der Waals surface area contributed by atoms with Gasteiger partial charge in [0.1, 0.15) is 0 Å². The molecule has 0 unspecified atom stereocenters. The second-order valence-electron chi connectivity index (χ2n) is 6.02. The van der Waals surface area contributed by atoms with Crippen LogP contribution in [0.25, 0.3) is 0 Å². The lowest BCUT2D eigenvalue weighted by molar-refractivity contribution is -0.114. The lowest BCUT2D eigenvalue weighted by atomic mass is 9.89. The van der Waals surface area contributed by atoms with Crippen LogP contribution in [-0.4, -0.2) is 38.1 Å². The third-order valence-electron chi connectivity index (χ3n) is 4.29. The number of ether oxygens (including phenoxy) is 1. The summed E-state index contributed by atoms with van der Waals surface area (Å²) >= 11 is 0. The fourth-order valence-corrected chi connectivity index (χ4v) is 4.53. The minimum absolute atomic E-state index is 0.00414. The van der Waals surface area contributed by atoms with E-state index in [2.05, 4.69) is 6.92 Å². The second-order valence-corrected chi connectivity index (χ2v) is 8.06. The van der Waals surface area contributed by atoms with Crippen molar-refractivity contribution in [3.63, 3.8) is 0 Å². The Bertz CT molecular complexity index is 541. The van der Waals surface area contributed by atoms with Crippen LogP contribution in [0.1, 0.15) is 26.7 Å². The van der Waals surface area contributed by atoms with Crippen molar-refractivity contribution in [1.82, 2.24) is 0 Å². The van der Waals surface area contributed by atoms with Gasteiger partial charge in [-0.15, -0.1) is 0 Å². The second kappa shape index (κ2) is 6.90. The Morgan fingerprint density at radius 3 is 2.57 bits per heavy atom. The monoisotopic (exact) mass is 312 g/mol. The van der Waals surface area contributed by atoms with Gasteiger partial charge < -0.3 is 9.84 Å². The Balaban J connectivity index is 2.03. The molecule has 2 rings (SSSR count). The summed E-state index contributed by atoms with van der Waals surface area (Å²) in [6.45, 7) is 3.97. The summed E-state index contributed by atoms with van der Waals surface area (Å²) in [4.78, 5) is 0.361. The van der Waals surface area contributed by atoms with Crippen molar-refractivity contribution in [2.24, 2.45) is 11.8 Å². The molecule has 1 aromatic rings. The number of aliphatic hydroxyl groups excluding tert-OH is 1. The molecule has 4 atom stereocenters. The Morgan fingerprint density at radius 1 is 1.29 bits per heavy atom. The average Bonchev–Trinajstić information content (AvgIpc) is 2.48. The first-order valence-corrected chi connectivity index (χ1v) is 9.13. The lowest BCUT2D eigenvalue weighted by Gasteiger charge is -2.36. The molecule has 0 radical (unpaired) electrons. The van der Waals surface area contributed by atoms with Gasteiger partial charge in [-0.1, -0.05) is 32.0 Å². The average molecular weight is 312 g/mol. The molecule has 1 aliphatic heterocycles. The first kappa shape index (κ1) is 16.5. The van der Waals surface area contributed by atoms with Gasteiger partial charge >= 0.3 is 0 Å². The molecule has 1 saturated heterocycles. The van der Waals surface area contributed by atoms with Gasteiger partial charge in [0, 0.05) is 0 Å². The standard InChI is InChI=1S/C16H24O4S/c1-12-8-9-15(20-16(12)10-17)13(2)11-21(18,19)14-6-4-3-5-7-14/h3-7,12-13,15-17H,8-11H2,1-2H3/t12-,13+,15+,16+/m0/s1. The summed E-state index contributed by atoms with van der Waals surface area (Å²) in [6.07, 6.45) is 1.54. The van der Waals surface area contributed by atoms with Gasteiger partial charge in [-0.2, -0.15) is 0 Å². The van der Waals surface area contributed by atoms with E-state index in [4.69, 9.17) is 4.74 Å². The molecule has 1 fully saturated rings. The van der Waals surface area contributed by atoms with Gasteiger partial charge in [0.2, 0.25) is 0 Å². The minimum Gasteiger partial charge on any atom is -0.394 e. The molecule has 0 bridgehead atoms. The van der Waals surface area contributed by atoms with Crippen LogP contribution in [0.3, 0.4) is 0 Å². The van der Waals surface area contributed by atoms with Gasteiger partial charge in [0.25, 0.3) is 0 Å². The van der Waals surface area contributed by atoms with Crippen molar-refractivity contribution < 1.29 is 18.3 Å². The molecule has 21 heavy (non-hydrogen) atoms. The van der Waals surface area contributed by atoms with E-state index in [9.17, 15) is 13.5 Å². The predicted molar refractivity (Wildman–Crippen MR) is 81.8 cm³/mol. The van der Waals surface area contributed by atoms with Crippen molar-refractivity contribution in [3.8, 4) is 0 Å². The lowest BCUT2D eigenvalue weighted by Crippen LogP contribution is -2.40. The Labute approximate surface area is 127 Å². The summed E-state index contributed by atoms with van der Waals surface area (Å²) in [5.41, 5.74) is 0. The van der Waals surface area contributed by atoms with Crippen LogP contribution in [0.2, 0.25) is 0 Å². The molecular weight excluding hydrogens is 288 g/mol. The summed E-state index contributed by atoms with van der Waals surface area (Å²) in [6, 6.07) is 8.53. The zero-order valence-corrected chi connectivity index (χ0v) is 13.4. The van der Waals surface area contributed by atoms with Gasteiger partial charge in [0.15, 0.2) is 9.84 Å². The topological polar surface area (TPSA) is 63.6 Å². The third kappa shape index (κ3) is 4.05. The van der Waals surface area contributed by atoms with Crippen molar-refractivity contribution in [2.45, 2.75) is 43.8 Å². The molecule has 0 saturated carbocycles. The zero-order valence-electron chi connectivity index (χ0n) is 12.6. The maximum atomic E-state index is 12.4. The van der Waals surface area contributed by atoms with Crippen molar-refractivity contribution >= 4 is 9.84 Å². The van der Waals surface area contributed by atoms with E-state index in [1.54, 1.807) is 30.3 Å². The Morgan fingerprint density at radius 2 is 1.95 bits per heavy atom. The normalized spacial score (nSPS) is 28.2. The smallest absolute Gasteiger partial charge is 0.178 e. The van der Waals surface area contributed by atoms with Crippen LogP contribution < -0.4 is 0 Å². The highest BCUT2D eigenvalue weighted by Gasteiger charge is 2.33. The van der Waals surface area contributed by atoms with E-state index >= 15 is 0 Å². The molecule has 4 nitrogen and oxygen atoms in total. The first-order valence-electron chi connectivity index (χ1n) is 7.48. The molecule has 118 valence electrons. The molecule has 5 heteroatoms. The van der Waals surface area contributed by atoms with Crippen LogP contribution in [0.4, 0.5) is 0 Å². The number of rotatable bonds is 5. The molecule has 0 aliphatic carbocycles. The third-order valence-corrected chi connectivity index (χ3v) is 6.25. The number of sulfone groups is 1. The Kier molecular flexibility index (Phi) is 5.41. The molecule has 1 aromatic carbocycles. The molecule has 1 heterocycles. The summed E-state index contributed by atoms with van der Waals surface area (Å²) in [5.74, 6) is 0.315. The summed E-state index contributed by atoms with van der Waals surface area (Å²) in [5, 5.41) is 9.33. The van der Waals surface area contributed by atoms with E-state index in [0.717, 1.165) is 12.8 Å². The fourth-order valence-electron chi connectivity index (χ4n) is 2.86. The largest absolute Gasteiger partial charge is 0.394 e. The van der Waals surface area contributed by atoms with E-state index in [-0.39, 0.29) is 30.5 Å². The van der Waals surface area contributed by atoms with Crippen LogP contribution >= 0.6 is 0 Å². The highest BCUT2D eigenvalue weighted by molar-refractivity contribution is 7.91. The molecular formula is C16H24O4S. The van der Waals surface area contributed by atoms with Gasteiger partial charge in [-0.05, 0) is 36.8 Å². The van der Waals surface area contributed by atoms with Crippen LogP contribution in [0.15, 0.2) is 35.2 Å². The molecule has 0 spiro atoms. The van der Waals surface area contributed by atoms with Crippen molar-refractivity contribution in [1.29, 1.82) is 0 Å². The quantitative estimate of drug-likeness (QED) is 0.906. The number of aliphatic hydroxyl groups is 1. The molecule has 0 aromatic heterocycles. The predicted octanol–water partition coefficient (Wildman–Crippen LogP) is 2.27. The molecule has 1 N–H and O–H groups in total. The SMILES string of the molecule is C[C@H](CS(=O)(=O)c1ccccc1)[C@H]1CC[C@H](C)[C@@H](CO)O1. The van der Waals surface area contributed by atoms with Crippen LogP contribution in [-0.2, 0) is 14.6 Å². The van der Waals surface area contributed by atoms with Gasteiger partial charge in [-0.25, -0.2) is 8.42 Å². The van der Waals surface area contributed by atoms with Crippen LogP contribution in [0.5, 0.6) is 0 Å². The summed E-state index contributed by atoms with van der Waals surface area (Å²) in [7, 11) is -3.29. The summed E-state index contributed by atoms with van der Waals surface area (Å²) < 4.78 is 30.7. The number of hydrogen-bond donors (Lipinski definition) is 1. The van der Waals surface area contributed by atoms with Gasteiger partial charge in [0.05, 0.1) is 29.5 Å². The first-order chi connectivity index (χ1) is 9.94. The van der Waals surface area contributed by atoms with E-state index in [1.807, 2.05) is 6.92 Å². The van der Waals surface area contributed by atoms with Crippen molar-refractivity contribution in [2.75, 3.05) is 12.4 Å². The number of benzene rings is 1. The fraction of sp³-hybridized carbons (Fsp3) is 0.625. The highest BCUT2D eigenvalue weighted by Crippen LogP contribution is 2.29. The van der Waals surface area contributed by atoms with Gasteiger partial charge in [-0.3, -0.25) is 0 Å². The van der Waals surface area contributed by atoms with E-state index in [1.165, 1.54) is 0 Å². The Hall–Kier alpha value is -0.910. The minimum atomic E-state index is -3.29. The molecule has 1 aliphatic rings. The maximum Gasteiger partial charge on any atom is 0.178 e.